The molecule has 2 unspecified atom stereocenters. The minimum absolute atomic E-state index is 0.0277. The highest BCUT2D eigenvalue weighted by molar-refractivity contribution is 5.75. The Kier molecular flexibility index (Phi) is 29.1. The zero-order chi connectivity index (χ0) is 35.5. The minimum atomic E-state index is -0.0856. The second kappa shape index (κ2) is 28.3. The number of aromatic nitrogens is 3. The van der Waals surface area contributed by atoms with Gasteiger partial charge < -0.3 is 14.3 Å². The van der Waals surface area contributed by atoms with E-state index in [2.05, 4.69) is 42.6 Å². The SMILES string of the molecule is CC(=O)CC(C)C.CC(C)c1ccccn1.CC(C)c1ncccn1.CCOC(=O)C(C)C(C)C.CCOC(=O)C(C)C(C)C. The molecule has 0 aliphatic carbocycles. The highest BCUT2D eigenvalue weighted by Crippen LogP contribution is 2.12. The number of carbonyl (C=O) groups is 3. The lowest BCUT2D eigenvalue weighted by Gasteiger charge is -2.12. The van der Waals surface area contributed by atoms with Gasteiger partial charge in [0.15, 0.2) is 0 Å². The van der Waals surface area contributed by atoms with Crippen molar-refractivity contribution in [1.82, 2.24) is 15.0 Å². The smallest absolute Gasteiger partial charge is 0.308 e. The fourth-order valence-corrected chi connectivity index (χ4v) is 2.99. The van der Waals surface area contributed by atoms with Crippen molar-refractivity contribution < 1.29 is 23.9 Å². The summed E-state index contributed by atoms with van der Waals surface area (Å²) in [7, 11) is 0. The number of ketones is 1. The van der Waals surface area contributed by atoms with Crippen LogP contribution >= 0.6 is 0 Å². The van der Waals surface area contributed by atoms with Crippen molar-refractivity contribution in [2.45, 2.75) is 122 Å². The number of Topliss-reactive ketones (excluding diaryl/α,β-unsaturated/α-hetero) is 1. The van der Waals surface area contributed by atoms with Crippen LogP contribution in [0.3, 0.4) is 0 Å². The van der Waals surface area contributed by atoms with Gasteiger partial charge in [0.1, 0.15) is 11.6 Å². The molecule has 0 amide bonds. The van der Waals surface area contributed by atoms with Gasteiger partial charge in [0, 0.05) is 36.6 Å². The number of rotatable bonds is 10. The van der Waals surface area contributed by atoms with Gasteiger partial charge in [-0.3, -0.25) is 14.6 Å². The summed E-state index contributed by atoms with van der Waals surface area (Å²) < 4.78 is 9.65. The standard InChI is InChI=1S/C8H11N.2C8H16O2.C7H10N2.C6H12O/c1-7(2)8-5-3-4-6-9-8;2*1-5-10-8(9)7(4)6(2)3;1-6(2)7-8-4-3-5-9-7;1-5(2)4-6(3)7/h3-7H,1-2H3;2*6-7H,5H2,1-4H3;3-6H,1-2H3;5H,4H2,1-3H3. The third kappa shape index (κ3) is 28.1. The van der Waals surface area contributed by atoms with Crippen molar-refractivity contribution in [3.8, 4) is 0 Å². The maximum absolute atomic E-state index is 11.0. The lowest BCUT2D eigenvalue weighted by atomic mass is 9.99. The lowest BCUT2D eigenvalue weighted by molar-refractivity contribution is -0.149. The normalized spacial score (nSPS) is 11.5. The van der Waals surface area contributed by atoms with Gasteiger partial charge in [-0.15, -0.1) is 0 Å². The Hall–Kier alpha value is -3.16. The average Bonchev–Trinajstić information content (AvgIpc) is 2.98. The average molecular weight is 632 g/mol. The first kappa shape index (κ1) is 46.3. The number of ether oxygens (including phenoxy) is 2. The van der Waals surface area contributed by atoms with Gasteiger partial charge in [-0.1, -0.05) is 89.2 Å². The summed E-state index contributed by atoms with van der Waals surface area (Å²) >= 11 is 0. The summed E-state index contributed by atoms with van der Waals surface area (Å²) in [4.78, 5) is 44.5. The van der Waals surface area contributed by atoms with E-state index in [1.54, 1.807) is 19.3 Å². The third-order valence-corrected chi connectivity index (χ3v) is 6.39. The molecule has 0 saturated carbocycles. The van der Waals surface area contributed by atoms with E-state index in [-0.39, 0.29) is 29.6 Å². The Morgan fingerprint density at radius 3 is 1.24 bits per heavy atom. The van der Waals surface area contributed by atoms with Crippen LogP contribution in [0.15, 0.2) is 42.9 Å². The summed E-state index contributed by atoms with van der Waals surface area (Å²) in [5, 5.41) is 0. The number of hydrogen-bond acceptors (Lipinski definition) is 8. The predicted molar refractivity (Wildman–Crippen MR) is 186 cm³/mol. The number of hydrogen-bond donors (Lipinski definition) is 0. The molecule has 0 radical (unpaired) electrons. The summed E-state index contributed by atoms with van der Waals surface area (Å²) in [5.74, 6) is 3.34. The van der Waals surface area contributed by atoms with Gasteiger partial charge >= 0.3 is 11.9 Å². The Balaban J connectivity index is -0.000000492. The highest BCUT2D eigenvalue weighted by atomic mass is 16.5. The summed E-state index contributed by atoms with van der Waals surface area (Å²) in [6.07, 6.45) is 6.08. The zero-order valence-electron chi connectivity index (χ0n) is 31.1. The maximum atomic E-state index is 11.0. The lowest BCUT2D eigenvalue weighted by Crippen LogP contribution is -2.19. The Morgan fingerprint density at radius 2 is 1.04 bits per heavy atom. The topological polar surface area (TPSA) is 108 Å². The number of carbonyl (C=O) groups excluding carboxylic acids is 3. The first-order valence-electron chi connectivity index (χ1n) is 16.4. The molecule has 0 aliphatic heterocycles. The van der Waals surface area contributed by atoms with Crippen LogP contribution in [-0.4, -0.2) is 45.9 Å². The predicted octanol–water partition coefficient (Wildman–Crippen LogP) is 9.11. The van der Waals surface area contributed by atoms with Crippen molar-refractivity contribution in [2.75, 3.05) is 13.2 Å². The molecule has 8 heteroatoms. The molecule has 0 aromatic carbocycles. The van der Waals surface area contributed by atoms with Crippen LogP contribution in [-0.2, 0) is 23.9 Å². The van der Waals surface area contributed by atoms with Gasteiger partial charge in [0.25, 0.3) is 0 Å². The molecule has 2 rings (SSSR count). The van der Waals surface area contributed by atoms with Gasteiger partial charge in [-0.25, -0.2) is 9.97 Å². The Morgan fingerprint density at radius 1 is 0.622 bits per heavy atom. The van der Waals surface area contributed by atoms with Crippen LogP contribution in [0.5, 0.6) is 0 Å². The molecular weight excluding hydrogens is 566 g/mol. The fourth-order valence-electron chi connectivity index (χ4n) is 2.99. The largest absolute Gasteiger partial charge is 0.466 e. The number of nitrogens with zero attached hydrogens (tertiary/aromatic N) is 3. The molecule has 2 atom stereocenters. The van der Waals surface area contributed by atoms with E-state index < -0.39 is 0 Å². The second-order valence-electron chi connectivity index (χ2n) is 12.5. The molecule has 0 N–H and O–H groups in total. The molecule has 2 aromatic heterocycles. The van der Waals surface area contributed by atoms with E-state index >= 15 is 0 Å². The molecule has 0 aliphatic rings. The molecule has 2 aromatic rings. The number of esters is 2. The van der Waals surface area contributed by atoms with Gasteiger partial charge in [0.2, 0.25) is 0 Å². The first-order valence-corrected chi connectivity index (χ1v) is 16.4. The fraction of sp³-hybridized carbons (Fsp3) is 0.676. The van der Waals surface area contributed by atoms with Gasteiger partial charge in [-0.2, -0.15) is 0 Å². The molecule has 0 fully saturated rings. The molecule has 0 saturated heterocycles. The minimum Gasteiger partial charge on any atom is -0.466 e. The molecule has 0 bridgehead atoms. The van der Waals surface area contributed by atoms with E-state index in [9.17, 15) is 14.4 Å². The van der Waals surface area contributed by atoms with Crippen LogP contribution < -0.4 is 0 Å². The van der Waals surface area contributed by atoms with Crippen LogP contribution in [0.2, 0.25) is 0 Å². The van der Waals surface area contributed by atoms with Crippen molar-refractivity contribution in [1.29, 1.82) is 0 Å². The molecule has 2 heterocycles. The van der Waals surface area contributed by atoms with E-state index in [0.717, 1.165) is 17.9 Å². The van der Waals surface area contributed by atoms with E-state index in [1.165, 1.54) is 0 Å². The van der Waals surface area contributed by atoms with E-state index in [1.807, 2.05) is 99.7 Å². The molecular formula is C37H65N3O5. The Labute approximate surface area is 275 Å². The Bertz CT molecular complexity index is 922. The maximum Gasteiger partial charge on any atom is 0.308 e. The van der Waals surface area contributed by atoms with Crippen LogP contribution in [0.1, 0.15) is 134 Å². The van der Waals surface area contributed by atoms with Crippen molar-refractivity contribution in [2.24, 2.45) is 29.6 Å². The van der Waals surface area contributed by atoms with Gasteiger partial charge in [0.05, 0.1) is 25.0 Å². The summed E-state index contributed by atoms with van der Waals surface area (Å²) in [6, 6.07) is 7.82. The van der Waals surface area contributed by atoms with Gasteiger partial charge in [-0.05, 0) is 62.6 Å². The quantitative estimate of drug-likeness (QED) is 0.239. The van der Waals surface area contributed by atoms with E-state index in [4.69, 9.17) is 9.47 Å². The highest BCUT2D eigenvalue weighted by Gasteiger charge is 2.17. The van der Waals surface area contributed by atoms with Crippen LogP contribution in [0.4, 0.5) is 0 Å². The zero-order valence-corrected chi connectivity index (χ0v) is 31.1. The van der Waals surface area contributed by atoms with Crippen LogP contribution in [0, 0.1) is 29.6 Å². The molecule has 8 nitrogen and oxygen atoms in total. The monoisotopic (exact) mass is 631 g/mol. The van der Waals surface area contributed by atoms with E-state index in [0.29, 0.717) is 42.8 Å². The van der Waals surface area contributed by atoms with Crippen molar-refractivity contribution >= 4 is 17.7 Å². The molecule has 0 spiro atoms. The van der Waals surface area contributed by atoms with Crippen molar-refractivity contribution in [3.63, 3.8) is 0 Å². The number of pyridine rings is 1. The first-order chi connectivity index (χ1) is 20.9. The van der Waals surface area contributed by atoms with Crippen LogP contribution in [0.25, 0.3) is 0 Å². The second-order valence-corrected chi connectivity index (χ2v) is 12.5. The summed E-state index contributed by atoms with van der Waals surface area (Å²) in [6.45, 7) is 30.6. The van der Waals surface area contributed by atoms with Crippen molar-refractivity contribution in [3.05, 3.63) is 54.4 Å². The summed E-state index contributed by atoms with van der Waals surface area (Å²) in [5.41, 5.74) is 1.16. The molecule has 45 heavy (non-hydrogen) atoms. The molecule has 258 valence electrons. The third-order valence-electron chi connectivity index (χ3n) is 6.39.